The van der Waals surface area contributed by atoms with Crippen LogP contribution in [0.1, 0.15) is 80.3 Å². The topological polar surface area (TPSA) is 106 Å². The highest BCUT2D eigenvalue weighted by Gasteiger charge is 2.46. The summed E-state index contributed by atoms with van der Waals surface area (Å²) in [5.41, 5.74) is -0.563. The van der Waals surface area contributed by atoms with Crippen LogP contribution in [0.15, 0.2) is 6.07 Å². The summed E-state index contributed by atoms with van der Waals surface area (Å²) in [7, 11) is 1.63. The first-order valence-electron chi connectivity index (χ1n) is 11.3. The lowest BCUT2D eigenvalue weighted by molar-refractivity contribution is -0.133. The zero-order valence-electron chi connectivity index (χ0n) is 19.1. The summed E-state index contributed by atoms with van der Waals surface area (Å²) in [6.45, 7) is 6.91. The van der Waals surface area contributed by atoms with Crippen LogP contribution in [0.25, 0.3) is 0 Å². The van der Waals surface area contributed by atoms with Gasteiger partial charge in [-0.2, -0.15) is 5.10 Å². The van der Waals surface area contributed by atoms with Crippen molar-refractivity contribution in [2.24, 2.45) is 0 Å². The molecule has 1 aliphatic heterocycles. The fourth-order valence-corrected chi connectivity index (χ4v) is 4.11. The molecule has 0 bridgehead atoms. The summed E-state index contributed by atoms with van der Waals surface area (Å²) in [5, 5.41) is 10.3. The zero-order valence-corrected chi connectivity index (χ0v) is 19.1. The van der Waals surface area contributed by atoms with Crippen molar-refractivity contribution >= 4 is 17.7 Å². The van der Waals surface area contributed by atoms with Gasteiger partial charge < -0.3 is 20.3 Å². The van der Waals surface area contributed by atoms with Crippen LogP contribution < -0.4 is 10.6 Å². The first-order chi connectivity index (χ1) is 14.7. The van der Waals surface area contributed by atoms with E-state index in [1.54, 1.807) is 14.0 Å². The van der Waals surface area contributed by atoms with Crippen LogP contribution in [-0.2, 0) is 16.1 Å². The van der Waals surface area contributed by atoms with E-state index in [1.165, 1.54) is 22.1 Å². The molecule has 0 unspecified atom stereocenters. The average molecular weight is 434 g/mol. The molecule has 3 amide bonds. The van der Waals surface area contributed by atoms with Gasteiger partial charge in [-0.25, -0.2) is 0 Å². The Morgan fingerprint density at radius 3 is 2.68 bits per heavy atom. The van der Waals surface area contributed by atoms with Gasteiger partial charge in [0.25, 0.3) is 11.8 Å². The summed E-state index contributed by atoms with van der Waals surface area (Å²) in [4.78, 5) is 40.0. The molecule has 1 aromatic heterocycles. The Bertz CT molecular complexity index is 815. The van der Waals surface area contributed by atoms with E-state index >= 15 is 0 Å². The molecule has 2 aliphatic rings. The molecule has 3 rings (SSSR count). The minimum Gasteiger partial charge on any atom is -0.379 e. The van der Waals surface area contributed by atoms with Crippen molar-refractivity contribution in [2.75, 3.05) is 20.2 Å². The van der Waals surface area contributed by atoms with Crippen LogP contribution in [0.3, 0.4) is 0 Å². The van der Waals surface area contributed by atoms with Gasteiger partial charge in [0, 0.05) is 32.3 Å². The third-order valence-corrected chi connectivity index (χ3v) is 6.22. The number of carbonyl (C=O) groups is 3. The lowest BCUT2D eigenvalue weighted by Gasteiger charge is -2.41. The van der Waals surface area contributed by atoms with Gasteiger partial charge >= 0.3 is 0 Å². The molecular weight excluding hydrogens is 398 g/mol. The van der Waals surface area contributed by atoms with Crippen molar-refractivity contribution in [3.05, 3.63) is 17.5 Å². The number of rotatable bonds is 8. The molecule has 0 saturated heterocycles. The number of nitrogens with zero attached hydrogens (tertiary/aromatic N) is 3. The maximum absolute atomic E-state index is 13.1. The normalized spacial score (nSPS) is 21.8. The first-order valence-corrected chi connectivity index (χ1v) is 11.3. The highest BCUT2D eigenvalue weighted by molar-refractivity contribution is 6.01. The van der Waals surface area contributed by atoms with E-state index in [0.29, 0.717) is 25.3 Å². The minimum atomic E-state index is -1.06. The Morgan fingerprint density at radius 1 is 1.29 bits per heavy atom. The molecule has 0 aromatic carbocycles. The maximum Gasteiger partial charge on any atom is 0.272 e. The van der Waals surface area contributed by atoms with E-state index in [2.05, 4.69) is 15.7 Å². The number of ether oxygens (including phenoxy) is 1. The largest absolute Gasteiger partial charge is 0.379 e. The van der Waals surface area contributed by atoms with Crippen LogP contribution in [0, 0.1) is 0 Å². The van der Waals surface area contributed by atoms with Crippen LogP contribution in [-0.4, -0.2) is 70.3 Å². The second-order valence-corrected chi connectivity index (χ2v) is 9.05. The van der Waals surface area contributed by atoms with Gasteiger partial charge in [-0.1, -0.05) is 19.3 Å². The monoisotopic (exact) mass is 433 g/mol. The van der Waals surface area contributed by atoms with E-state index in [4.69, 9.17) is 4.74 Å². The minimum absolute atomic E-state index is 0.154. The number of likely N-dealkylation sites (N-methyl/N-ethyl adjacent to an activating group) is 1. The molecule has 172 valence electrons. The Kier molecular flexibility index (Phi) is 7.35. The fourth-order valence-electron chi connectivity index (χ4n) is 4.11. The van der Waals surface area contributed by atoms with Crippen molar-refractivity contribution < 1.29 is 19.1 Å². The smallest absolute Gasteiger partial charge is 0.272 e. The van der Waals surface area contributed by atoms with E-state index in [-0.39, 0.29) is 42.1 Å². The molecule has 1 atom stereocenters. The van der Waals surface area contributed by atoms with E-state index < -0.39 is 5.54 Å². The molecule has 1 aliphatic carbocycles. The lowest BCUT2D eigenvalue weighted by atomic mass is 9.92. The predicted molar refractivity (Wildman–Crippen MR) is 116 cm³/mol. The summed E-state index contributed by atoms with van der Waals surface area (Å²) >= 11 is 0. The van der Waals surface area contributed by atoms with Crippen molar-refractivity contribution in [1.29, 1.82) is 0 Å². The van der Waals surface area contributed by atoms with Crippen molar-refractivity contribution in [1.82, 2.24) is 25.3 Å². The molecule has 31 heavy (non-hydrogen) atoms. The van der Waals surface area contributed by atoms with Crippen LogP contribution in [0.4, 0.5) is 0 Å². The Morgan fingerprint density at radius 2 is 2.00 bits per heavy atom. The van der Waals surface area contributed by atoms with Crippen LogP contribution in [0.2, 0.25) is 0 Å². The van der Waals surface area contributed by atoms with E-state index in [9.17, 15) is 14.4 Å². The van der Waals surface area contributed by atoms with E-state index in [1.807, 2.05) is 13.8 Å². The number of hydrogen-bond acceptors (Lipinski definition) is 5. The number of aromatic nitrogens is 2. The lowest BCUT2D eigenvalue weighted by Crippen LogP contribution is -2.63. The third kappa shape index (κ3) is 5.26. The summed E-state index contributed by atoms with van der Waals surface area (Å²) in [6.07, 6.45) is 6.22. The van der Waals surface area contributed by atoms with Gasteiger partial charge in [-0.15, -0.1) is 0 Å². The predicted octanol–water partition coefficient (Wildman–Crippen LogP) is 1.72. The van der Waals surface area contributed by atoms with Gasteiger partial charge in [-0.05, 0) is 40.0 Å². The molecule has 1 fully saturated rings. The highest BCUT2D eigenvalue weighted by atomic mass is 16.5. The Balaban J connectivity index is 1.65. The van der Waals surface area contributed by atoms with Crippen molar-refractivity contribution in [3.8, 4) is 0 Å². The second-order valence-electron chi connectivity index (χ2n) is 9.05. The molecule has 2 N–H and O–H groups in total. The van der Waals surface area contributed by atoms with E-state index in [0.717, 1.165) is 25.7 Å². The molecule has 0 spiro atoms. The standard InChI is InChI=1S/C22H35N5O4/c1-15(2)31-12-8-11-23-19(28)17-13-18-20(29)26(4)22(3,14-27(18)25-17)21(30)24-16-9-6-5-7-10-16/h13,15-16H,5-12,14H2,1-4H3,(H,23,28)(H,24,30)/t22-/m1/s1. The first kappa shape index (κ1) is 23.2. The van der Waals surface area contributed by atoms with Gasteiger partial charge in [0.1, 0.15) is 11.2 Å². The quantitative estimate of drug-likeness (QED) is 0.608. The van der Waals surface area contributed by atoms with Gasteiger partial charge in [0.05, 0.1) is 12.6 Å². The molecule has 1 aromatic rings. The molecule has 1 saturated carbocycles. The SMILES string of the molecule is CC(C)OCCCNC(=O)c1cc2n(n1)C[C@](C)(C(=O)NC1CCCCC1)N(C)C2=O. The number of carbonyl (C=O) groups excluding carboxylic acids is 3. The Hall–Kier alpha value is -2.42. The number of nitrogens with one attached hydrogen (secondary N) is 2. The Labute approximate surface area is 183 Å². The van der Waals surface area contributed by atoms with Gasteiger partial charge in [0.2, 0.25) is 5.91 Å². The molecule has 9 heteroatoms. The number of amides is 3. The summed E-state index contributed by atoms with van der Waals surface area (Å²) in [5.74, 6) is -0.827. The third-order valence-electron chi connectivity index (χ3n) is 6.22. The number of hydrogen-bond donors (Lipinski definition) is 2. The van der Waals surface area contributed by atoms with Gasteiger partial charge in [0.15, 0.2) is 5.69 Å². The number of fused-ring (bicyclic) bond motifs is 1. The second kappa shape index (κ2) is 9.80. The molecular formula is C22H35N5O4. The van der Waals surface area contributed by atoms with Crippen molar-refractivity contribution in [2.45, 2.75) is 83.5 Å². The van der Waals surface area contributed by atoms with Crippen molar-refractivity contribution in [3.63, 3.8) is 0 Å². The maximum atomic E-state index is 13.1. The average Bonchev–Trinajstić information content (AvgIpc) is 3.16. The molecule has 2 heterocycles. The van der Waals surface area contributed by atoms with Gasteiger partial charge in [-0.3, -0.25) is 19.1 Å². The highest BCUT2D eigenvalue weighted by Crippen LogP contribution is 2.27. The summed E-state index contributed by atoms with van der Waals surface area (Å²) < 4.78 is 6.95. The van der Waals surface area contributed by atoms with Crippen LogP contribution >= 0.6 is 0 Å². The fraction of sp³-hybridized carbons (Fsp3) is 0.727. The van der Waals surface area contributed by atoms with Crippen LogP contribution in [0.5, 0.6) is 0 Å². The molecule has 9 nitrogen and oxygen atoms in total. The summed E-state index contributed by atoms with van der Waals surface area (Å²) in [6, 6.07) is 1.65. The molecule has 0 radical (unpaired) electrons. The zero-order chi connectivity index (χ0) is 22.6.